The van der Waals surface area contributed by atoms with Gasteiger partial charge in [-0.05, 0) is 55.3 Å². The van der Waals surface area contributed by atoms with Crippen LogP contribution in [0.15, 0.2) is 18.2 Å². The number of rotatable bonds is 3. The lowest BCUT2D eigenvalue weighted by Gasteiger charge is -2.33. The van der Waals surface area contributed by atoms with E-state index >= 15 is 0 Å². The van der Waals surface area contributed by atoms with Crippen molar-refractivity contribution in [2.75, 3.05) is 31.1 Å². The third-order valence-corrected chi connectivity index (χ3v) is 5.16. The molecule has 0 aromatic heterocycles. The van der Waals surface area contributed by atoms with Crippen molar-refractivity contribution in [3.63, 3.8) is 0 Å². The molecule has 1 aromatic rings. The fraction of sp³-hybridized carbons (Fsp3) is 0.632. The first-order valence-corrected chi connectivity index (χ1v) is 8.86. The number of likely N-dealkylation sites (tertiary alicyclic amines) is 1. The van der Waals surface area contributed by atoms with Crippen LogP contribution < -0.4 is 4.90 Å². The summed E-state index contributed by atoms with van der Waals surface area (Å²) in [4.78, 5) is 16.0. The number of amides is 1. The third-order valence-electron chi connectivity index (χ3n) is 5.16. The van der Waals surface area contributed by atoms with Crippen LogP contribution >= 0.6 is 0 Å². The summed E-state index contributed by atoms with van der Waals surface area (Å²) in [6.45, 7) is 7.59. The van der Waals surface area contributed by atoms with E-state index in [-0.39, 0.29) is 5.91 Å². The SMILES string of the molecule is CC(=O)N1CCCc2cc([C@H](O)CN3CCC[C@@H](C)C3)ccc21. The second-order valence-corrected chi connectivity index (χ2v) is 7.19. The number of anilines is 1. The van der Waals surface area contributed by atoms with Crippen LogP contribution in [0.4, 0.5) is 5.69 Å². The van der Waals surface area contributed by atoms with E-state index in [1.165, 1.54) is 18.4 Å². The van der Waals surface area contributed by atoms with Crippen LogP contribution in [0.25, 0.3) is 0 Å². The number of nitrogens with zero attached hydrogens (tertiary/aromatic N) is 2. The minimum Gasteiger partial charge on any atom is -0.387 e. The van der Waals surface area contributed by atoms with Gasteiger partial charge in [0.1, 0.15) is 0 Å². The molecule has 126 valence electrons. The van der Waals surface area contributed by atoms with E-state index in [1.54, 1.807) is 6.92 Å². The van der Waals surface area contributed by atoms with Gasteiger partial charge < -0.3 is 14.9 Å². The predicted octanol–water partition coefficient (Wildman–Crippen LogP) is 2.75. The fourth-order valence-electron chi connectivity index (χ4n) is 3.95. The van der Waals surface area contributed by atoms with Crippen LogP contribution in [0.5, 0.6) is 0 Å². The third kappa shape index (κ3) is 3.75. The summed E-state index contributed by atoms with van der Waals surface area (Å²) in [6, 6.07) is 6.09. The Morgan fingerprint density at radius 1 is 1.35 bits per heavy atom. The summed E-state index contributed by atoms with van der Waals surface area (Å²) in [5.41, 5.74) is 3.19. The van der Waals surface area contributed by atoms with E-state index in [0.29, 0.717) is 6.54 Å². The number of piperidine rings is 1. The first-order valence-electron chi connectivity index (χ1n) is 8.86. The molecule has 0 aliphatic carbocycles. The van der Waals surface area contributed by atoms with Crippen LogP contribution in [-0.4, -0.2) is 42.1 Å². The van der Waals surface area contributed by atoms with Crippen molar-refractivity contribution >= 4 is 11.6 Å². The van der Waals surface area contributed by atoms with Gasteiger partial charge in [-0.1, -0.05) is 19.1 Å². The highest BCUT2D eigenvalue weighted by Gasteiger charge is 2.23. The average molecular weight is 316 g/mol. The van der Waals surface area contributed by atoms with E-state index < -0.39 is 6.10 Å². The smallest absolute Gasteiger partial charge is 0.223 e. The molecule has 1 amide bonds. The lowest BCUT2D eigenvalue weighted by atomic mass is 9.96. The van der Waals surface area contributed by atoms with Crippen LogP contribution in [0.3, 0.4) is 0 Å². The molecule has 2 atom stereocenters. The van der Waals surface area contributed by atoms with Crippen molar-refractivity contribution in [2.45, 2.75) is 45.6 Å². The lowest BCUT2D eigenvalue weighted by molar-refractivity contribution is -0.116. The largest absolute Gasteiger partial charge is 0.387 e. The Morgan fingerprint density at radius 3 is 2.91 bits per heavy atom. The Kier molecular flexibility index (Phi) is 5.02. The van der Waals surface area contributed by atoms with Crippen molar-refractivity contribution in [1.82, 2.24) is 4.90 Å². The average Bonchev–Trinajstić information content (AvgIpc) is 2.53. The molecule has 0 unspecified atom stereocenters. The molecule has 4 heteroatoms. The highest BCUT2D eigenvalue weighted by Crippen LogP contribution is 2.30. The van der Waals surface area contributed by atoms with E-state index in [4.69, 9.17) is 0 Å². The Hall–Kier alpha value is -1.39. The van der Waals surface area contributed by atoms with Gasteiger partial charge in [-0.25, -0.2) is 0 Å². The Balaban J connectivity index is 1.72. The number of hydrogen-bond acceptors (Lipinski definition) is 3. The van der Waals surface area contributed by atoms with Gasteiger partial charge in [-0.3, -0.25) is 4.79 Å². The molecule has 1 aromatic carbocycles. The highest BCUT2D eigenvalue weighted by atomic mass is 16.3. The van der Waals surface area contributed by atoms with Crippen LogP contribution in [0.1, 0.15) is 50.3 Å². The van der Waals surface area contributed by atoms with Gasteiger partial charge in [0.05, 0.1) is 6.10 Å². The molecule has 1 N–H and O–H groups in total. The molecule has 0 bridgehead atoms. The molecule has 4 nitrogen and oxygen atoms in total. The maximum atomic E-state index is 11.7. The number of carbonyl (C=O) groups is 1. The van der Waals surface area contributed by atoms with E-state index in [0.717, 1.165) is 49.6 Å². The van der Waals surface area contributed by atoms with Gasteiger partial charge in [-0.15, -0.1) is 0 Å². The van der Waals surface area contributed by atoms with Gasteiger partial charge in [0.15, 0.2) is 0 Å². The molecule has 3 rings (SSSR count). The summed E-state index contributed by atoms with van der Waals surface area (Å²) in [7, 11) is 0. The minimum absolute atomic E-state index is 0.0987. The van der Waals surface area contributed by atoms with Gasteiger partial charge in [0, 0.05) is 32.2 Å². The lowest BCUT2D eigenvalue weighted by Crippen LogP contribution is -2.37. The quantitative estimate of drug-likeness (QED) is 0.932. The second kappa shape index (κ2) is 7.02. The number of aliphatic hydroxyl groups excluding tert-OH is 1. The van der Waals surface area contributed by atoms with Crippen LogP contribution in [-0.2, 0) is 11.2 Å². The number of hydrogen-bond donors (Lipinski definition) is 1. The van der Waals surface area contributed by atoms with E-state index in [9.17, 15) is 9.90 Å². The molecule has 0 spiro atoms. The fourth-order valence-corrected chi connectivity index (χ4v) is 3.95. The highest BCUT2D eigenvalue weighted by molar-refractivity contribution is 5.92. The molecule has 23 heavy (non-hydrogen) atoms. The number of benzene rings is 1. The first-order chi connectivity index (χ1) is 11.0. The van der Waals surface area contributed by atoms with Gasteiger partial charge in [0.25, 0.3) is 0 Å². The molecule has 1 fully saturated rings. The molecule has 0 saturated carbocycles. The maximum Gasteiger partial charge on any atom is 0.223 e. The number of fused-ring (bicyclic) bond motifs is 1. The van der Waals surface area contributed by atoms with Crippen molar-refractivity contribution in [2.24, 2.45) is 5.92 Å². The molecule has 2 aliphatic rings. The van der Waals surface area contributed by atoms with Crippen molar-refractivity contribution < 1.29 is 9.90 Å². The number of β-amino-alcohol motifs (C(OH)–C–C–N with tert-alkyl or cyclic N) is 1. The van der Waals surface area contributed by atoms with Crippen molar-refractivity contribution in [1.29, 1.82) is 0 Å². The summed E-state index contributed by atoms with van der Waals surface area (Å²) >= 11 is 0. The molecule has 0 radical (unpaired) electrons. The molecule has 1 saturated heterocycles. The molecular weight excluding hydrogens is 288 g/mol. The summed E-state index contributed by atoms with van der Waals surface area (Å²) in [5, 5.41) is 10.6. The topological polar surface area (TPSA) is 43.8 Å². The van der Waals surface area contributed by atoms with Gasteiger partial charge in [0.2, 0.25) is 5.91 Å². The summed E-state index contributed by atoms with van der Waals surface area (Å²) in [5.74, 6) is 0.824. The Bertz CT molecular complexity index is 572. The number of carbonyl (C=O) groups excluding carboxylic acids is 1. The minimum atomic E-state index is -0.446. The summed E-state index contributed by atoms with van der Waals surface area (Å²) in [6.07, 6.45) is 4.06. The van der Waals surface area contributed by atoms with E-state index in [2.05, 4.69) is 17.9 Å². The molecule has 2 aliphatic heterocycles. The summed E-state index contributed by atoms with van der Waals surface area (Å²) < 4.78 is 0. The number of aliphatic hydroxyl groups is 1. The zero-order chi connectivity index (χ0) is 16.4. The van der Waals surface area contributed by atoms with Crippen molar-refractivity contribution in [3.05, 3.63) is 29.3 Å². The first kappa shape index (κ1) is 16.5. The Morgan fingerprint density at radius 2 is 2.17 bits per heavy atom. The van der Waals surface area contributed by atoms with Crippen molar-refractivity contribution in [3.8, 4) is 0 Å². The zero-order valence-electron chi connectivity index (χ0n) is 14.3. The van der Waals surface area contributed by atoms with Gasteiger partial charge in [-0.2, -0.15) is 0 Å². The predicted molar refractivity (Wildman–Crippen MR) is 92.6 cm³/mol. The second-order valence-electron chi connectivity index (χ2n) is 7.19. The number of aryl methyl sites for hydroxylation is 1. The Labute approximate surface area is 139 Å². The van der Waals surface area contributed by atoms with Crippen LogP contribution in [0, 0.1) is 5.92 Å². The standard InChI is InChI=1S/C19H28N2O2/c1-14-5-3-9-20(12-14)13-19(23)17-7-8-18-16(11-17)6-4-10-21(18)15(2)22/h7-8,11,14,19,23H,3-6,9-10,12-13H2,1-2H3/t14-,19-/m1/s1. The van der Waals surface area contributed by atoms with Crippen LogP contribution in [0.2, 0.25) is 0 Å². The van der Waals surface area contributed by atoms with E-state index in [1.807, 2.05) is 17.0 Å². The molecule has 2 heterocycles. The zero-order valence-corrected chi connectivity index (χ0v) is 14.3. The maximum absolute atomic E-state index is 11.7. The monoisotopic (exact) mass is 316 g/mol. The molecular formula is C19H28N2O2. The van der Waals surface area contributed by atoms with Gasteiger partial charge >= 0.3 is 0 Å². The normalized spacial score (nSPS) is 23.4.